The minimum absolute atomic E-state index is 0.212. The summed E-state index contributed by atoms with van der Waals surface area (Å²) in [5, 5.41) is 8.85. The first kappa shape index (κ1) is 19.0. The summed E-state index contributed by atoms with van der Waals surface area (Å²) in [5.74, 6) is 0.781. The van der Waals surface area contributed by atoms with Crippen LogP contribution in [0.25, 0.3) is 38.9 Å². The van der Waals surface area contributed by atoms with Crippen LogP contribution in [0.3, 0.4) is 0 Å². The first-order valence-electron chi connectivity index (χ1n) is 10.6. The molecule has 2 radical (unpaired) electrons. The van der Waals surface area contributed by atoms with Gasteiger partial charge in [-0.3, -0.25) is 9.97 Å². The van der Waals surface area contributed by atoms with Crippen molar-refractivity contribution in [3.05, 3.63) is 67.3 Å². The molecule has 32 heavy (non-hydrogen) atoms. The number of benzene rings is 1. The highest BCUT2D eigenvalue weighted by molar-refractivity contribution is 6.31. The lowest BCUT2D eigenvalue weighted by Crippen LogP contribution is -2.19. The number of rotatable bonds is 4. The van der Waals surface area contributed by atoms with Gasteiger partial charge < -0.3 is 10.1 Å². The highest BCUT2D eigenvalue weighted by atomic mass is 16.5. The van der Waals surface area contributed by atoms with Crippen LogP contribution in [0.1, 0.15) is 6.42 Å². The lowest BCUT2D eigenvalue weighted by atomic mass is 9.99. The van der Waals surface area contributed by atoms with Crippen LogP contribution in [0.4, 0.5) is 0 Å². The van der Waals surface area contributed by atoms with Crippen LogP contribution < -0.4 is 15.6 Å². The quantitative estimate of drug-likeness (QED) is 0.452. The zero-order valence-corrected chi connectivity index (χ0v) is 17.3. The Labute approximate surface area is 185 Å². The fourth-order valence-corrected chi connectivity index (χ4v) is 4.14. The molecular formula is C24H19BN6O. The summed E-state index contributed by atoms with van der Waals surface area (Å²) in [6, 6.07) is 13.7. The monoisotopic (exact) mass is 418 g/mol. The number of ether oxygens (including phenoxy) is 1. The van der Waals surface area contributed by atoms with Gasteiger partial charge in [0, 0.05) is 35.5 Å². The van der Waals surface area contributed by atoms with E-state index in [0.29, 0.717) is 5.59 Å². The second kappa shape index (κ2) is 7.73. The van der Waals surface area contributed by atoms with Gasteiger partial charge in [0.25, 0.3) is 0 Å². The number of fused-ring (bicyclic) bond motifs is 2. The molecule has 1 aliphatic rings. The number of nitrogens with zero attached hydrogens (tertiary/aromatic N) is 5. The molecule has 0 aliphatic carbocycles. The summed E-state index contributed by atoms with van der Waals surface area (Å²) < 4.78 is 7.74. The van der Waals surface area contributed by atoms with Gasteiger partial charge in [0.2, 0.25) is 0 Å². The van der Waals surface area contributed by atoms with Crippen molar-refractivity contribution >= 4 is 30.0 Å². The van der Waals surface area contributed by atoms with E-state index in [0.717, 1.165) is 64.2 Å². The molecular weight excluding hydrogens is 399 g/mol. The van der Waals surface area contributed by atoms with Crippen LogP contribution in [-0.4, -0.2) is 51.6 Å². The minimum atomic E-state index is 0.212. The van der Waals surface area contributed by atoms with Crippen LogP contribution in [0.2, 0.25) is 0 Å². The van der Waals surface area contributed by atoms with Crippen LogP contribution in [0.15, 0.2) is 67.3 Å². The molecule has 0 saturated carbocycles. The normalized spacial score (nSPS) is 16.1. The van der Waals surface area contributed by atoms with E-state index >= 15 is 0 Å². The Morgan fingerprint density at radius 3 is 2.81 bits per heavy atom. The van der Waals surface area contributed by atoms with Crippen molar-refractivity contribution in [3.63, 3.8) is 0 Å². The van der Waals surface area contributed by atoms with Gasteiger partial charge in [0.15, 0.2) is 5.65 Å². The molecule has 1 aromatic carbocycles. The molecule has 0 unspecified atom stereocenters. The van der Waals surface area contributed by atoms with Crippen LogP contribution >= 0.6 is 0 Å². The third kappa shape index (κ3) is 3.38. The number of pyridine rings is 2. The number of nitrogens with one attached hydrogen (secondary N) is 1. The van der Waals surface area contributed by atoms with Crippen molar-refractivity contribution in [2.45, 2.75) is 12.5 Å². The summed E-state index contributed by atoms with van der Waals surface area (Å²) >= 11 is 0. The van der Waals surface area contributed by atoms with Gasteiger partial charge in [-0.15, -0.1) is 0 Å². The molecule has 6 rings (SSSR count). The summed E-state index contributed by atoms with van der Waals surface area (Å²) in [5.41, 5.74) is 5.78. The Balaban J connectivity index is 1.33. The Morgan fingerprint density at radius 2 is 1.97 bits per heavy atom. The highest BCUT2D eigenvalue weighted by Gasteiger charge is 2.16. The first-order valence-corrected chi connectivity index (χ1v) is 10.6. The maximum absolute atomic E-state index is 5.96. The standard InChI is InChI=1S/C24H19BN6O/c25-23-7-5-19-18(2-1-3-22(19)30-23)20-13-29-31-14-15(10-28-24(20)31)21-6-4-16(12-27-21)32-17-8-9-26-11-17/h1-7,10,12-14,17,26H,8-9,11H2/t17-/m0/s1. The van der Waals surface area contributed by atoms with E-state index in [4.69, 9.17) is 17.6 Å². The van der Waals surface area contributed by atoms with Crippen molar-refractivity contribution in [3.8, 4) is 28.1 Å². The maximum Gasteiger partial charge on any atom is 0.162 e. The SMILES string of the molecule is [B]c1ccc2c(-c3cnn4cc(-c5ccc(O[C@H]6CCNC6)cn5)cnc34)cccc2n1. The van der Waals surface area contributed by atoms with E-state index in [-0.39, 0.29) is 6.10 Å². The van der Waals surface area contributed by atoms with Crippen molar-refractivity contribution < 1.29 is 4.74 Å². The third-order valence-electron chi connectivity index (χ3n) is 5.75. The van der Waals surface area contributed by atoms with E-state index in [9.17, 15) is 0 Å². The average Bonchev–Trinajstić information content (AvgIpc) is 3.48. The van der Waals surface area contributed by atoms with Crippen molar-refractivity contribution in [1.29, 1.82) is 0 Å². The number of aromatic nitrogens is 5. The van der Waals surface area contributed by atoms with E-state index in [1.807, 2.05) is 61.1 Å². The first-order chi connectivity index (χ1) is 15.7. The molecule has 1 N–H and O–H groups in total. The van der Waals surface area contributed by atoms with Gasteiger partial charge in [0.1, 0.15) is 19.7 Å². The second-order valence-corrected chi connectivity index (χ2v) is 7.89. The number of hydrogen-bond donors (Lipinski definition) is 1. The van der Waals surface area contributed by atoms with Gasteiger partial charge in [-0.1, -0.05) is 24.3 Å². The van der Waals surface area contributed by atoms with E-state index in [1.165, 1.54) is 0 Å². The molecule has 0 spiro atoms. The highest BCUT2D eigenvalue weighted by Crippen LogP contribution is 2.30. The third-order valence-corrected chi connectivity index (χ3v) is 5.75. The Kier molecular flexibility index (Phi) is 4.58. The van der Waals surface area contributed by atoms with Gasteiger partial charge >= 0.3 is 0 Å². The molecule has 8 heteroatoms. The predicted molar refractivity (Wildman–Crippen MR) is 124 cm³/mol. The predicted octanol–water partition coefficient (Wildman–Crippen LogP) is 2.54. The Bertz CT molecular complexity index is 1430. The molecule has 5 aromatic rings. The zero-order valence-electron chi connectivity index (χ0n) is 17.3. The van der Waals surface area contributed by atoms with E-state index in [1.54, 1.807) is 10.7 Å². The van der Waals surface area contributed by atoms with E-state index < -0.39 is 0 Å². The summed E-state index contributed by atoms with van der Waals surface area (Å²) in [4.78, 5) is 13.7. The molecule has 0 bridgehead atoms. The lowest BCUT2D eigenvalue weighted by molar-refractivity contribution is 0.222. The maximum atomic E-state index is 5.96. The largest absolute Gasteiger partial charge is 0.487 e. The summed E-state index contributed by atoms with van der Waals surface area (Å²) in [7, 11) is 5.85. The van der Waals surface area contributed by atoms with Crippen LogP contribution in [-0.2, 0) is 0 Å². The lowest BCUT2D eigenvalue weighted by Gasteiger charge is -2.12. The molecule has 1 fully saturated rings. The van der Waals surface area contributed by atoms with Crippen molar-refractivity contribution in [1.82, 2.24) is 29.9 Å². The molecule has 1 saturated heterocycles. The summed E-state index contributed by atoms with van der Waals surface area (Å²) in [6.45, 7) is 1.88. The molecule has 154 valence electrons. The van der Waals surface area contributed by atoms with Crippen molar-refractivity contribution in [2.24, 2.45) is 0 Å². The molecule has 1 atom stereocenters. The van der Waals surface area contributed by atoms with Gasteiger partial charge in [-0.25, -0.2) is 9.50 Å². The van der Waals surface area contributed by atoms with Crippen LogP contribution in [0.5, 0.6) is 5.75 Å². The molecule has 7 nitrogen and oxygen atoms in total. The smallest absolute Gasteiger partial charge is 0.162 e. The van der Waals surface area contributed by atoms with Gasteiger partial charge in [-0.05, 0) is 42.3 Å². The van der Waals surface area contributed by atoms with Crippen molar-refractivity contribution in [2.75, 3.05) is 13.1 Å². The van der Waals surface area contributed by atoms with Gasteiger partial charge in [-0.2, -0.15) is 5.10 Å². The Morgan fingerprint density at radius 1 is 1.00 bits per heavy atom. The van der Waals surface area contributed by atoms with E-state index in [2.05, 4.69) is 20.4 Å². The second-order valence-electron chi connectivity index (χ2n) is 7.89. The summed E-state index contributed by atoms with van der Waals surface area (Å²) in [6.07, 6.45) is 8.59. The number of hydrogen-bond acceptors (Lipinski definition) is 6. The molecule has 1 aliphatic heterocycles. The topological polar surface area (TPSA) is 77.2 Å². The average molecular weight is 418 g/mol. The fourth-order valence-electron chi connectivity index (χ4n) is 4.14. The van der Waals surface area contributed by atoms with Gasteiger partial charge in [0.05, 0.1) is 23.6 Å². The van der Waals surface area contributed by atoms with Crippen LogP contribution in [0, 0.1) is 0 Å². The fraction of sp³-hybridized carbons (Fsp3) is 0.167. The molecule has 0 amide bonds. The molecule has 5 heterocycles. The minimum Gasteiger partial charge on any atom is -0.487 e. The molecule has 4 aromatic heterocycles. The zero-order chi connectivity index (χ0) is 21.5. The Hall–Kier alpha value is -3.78.